The third-order valence-electron chi connectivity index (χ3n) is 3.58. The van der Waals surface area contributed by atoms with E-state index < -0.39 is 5.97 Å². The van der Waals surface area contributed by atoms with Crippen molar-refractivity contribution in [2.75, 3.05) is 24.6 Å². The summed E-state index contributed by atoms with van der Waals surface area (Å²) in [7, 11) is 0. The van der Waals surface area contributed by atoms with Crippen LogP contribution in [0.2, 0.25) is 0 Å². The fourth-order valence-corrected chi connectivity index (χ4v) is 2.55. The Balaban J connectivity index is 2.03. The minimum absolute atomic E-state index is 0.270. The van der Waals surface area contributed by atoms with E-state index in [1.807, 2.05) is 11.8 Å². The lowest BCUT2D eigenvalue weighted by molar-refractivity contribution is -0.131. The molecule has 0 bridgehead atoms. The van der Waals surface area contributed by atoms with Gasteiger partial charge in [0.25, 0.3) is 0 Å². The number of piperidine rings is 1. The van der Waals surface area contributed by atoms with Gasteiger partial charge in [0.2, 0.25) is 0 Å². The van der Waals surface area contributed by atoms with Crippen LogP contribution in [0.4, 0.5) is 10.1 Å². The molecule has 1 aliphatic rings. The number of hydrogen-bond donors (Lipinski definition) is 1. The van der Waals surface area contributed by atoms with E-state index >= 15 is 0 Å². The summed E-state index contributed by atoms with van der Waals surface area (Å²) in [6.45, 7) is 4.23. The molecule has 1 saturated heterocycles. The van der Waals surface area contributed by atoms with Gasteiger partial charge < -0.3 is 14.7 Å². The van der Waals surface area contributed by atoms with Crippen LogP contribution in [0.1, 0.15) is 25.3 Å². The lowest BCUT2D eigenvalue weighted by atomic mass is 10.1. The Morgan fingerprint density at radius 2 is 2.19 bits per heavy atom. The van der Waals surface area contributed by atoms with E-state index in [1.165, 1.54) is 12.1 Å². The summed E-state index contributed by atoms with van der Waals surface area (Å²) >= 11 is 0. The zero-order chi connectivity index (χ0) is 15.2. The van der Waals surface area contributed by atoms with Crippen molar-refractivity contribution in [3.8, 4) is 0 Å². The molecule has 0 spiro atoms. The van der Waals surface area contributed by atoms with Gasteiger partial charge in [0.05, 0.1) is 11.8 Å². The minimum atomic E-state index is -1.04. The first-order chi connectivity index (χ1) is 10.1. The minimum Gasteiger partial charge on any atom is -0.478 e. The molecule has 2 rings (SSSR count). The second kappa shape index (κ2) is 7.22. The second-order valence-electron chi connectivity index (χ2n) is 5.02. The summed E-state index contributed by atoms with van der Waals surface area (Å²) in [5.74, 6) is -1.37. The SMILES string of the molecule is CCOC1CCN(c2ccc(/C=C/C(=O)O)cc2F)CC1. The van der Waals surface area contributed by atoms with Gasteiger partial charge >= 0.3 is 5.97 Å². The van der Waals surface area contributed by atoms with Crippen molar-refractivity contribution in [1.29, 1.82) is 0 Å². The van der Waals surface area contributed by atoms with Crippen LogP contribution in [0.3, 0.4) is 0 Å². The molecule has 0 aliphatic carbocycles. The van der Waals surface area contributed by atoms with Crippen LogP contribution in [-0.2, 0) is 9.53 Å². The molecule has 4 nitrogen and oxygen atoms in total. The Morgan fingerprint density at radius 1 is 1.48 bits per heavy atom. The number of benzene rings is 1. The molecular formula is C16H20FNO3. The summed E-state index contributed by atoms with van der Waals surface area (Å²) < 4.78 is 19.7. The van der Waals surface area contributed by atoms with Gasteiger partial charge in [-0.25, -0.2) is 9.18 Å². The molecule has 0 saturated carbocycles. The van der Waals surface area contributed by atoms with Crippen molar-refractivity contribution in [2.45, 2.75) is 25.9 Å². The van der Waals surface area contributed by atoms with Gasteiger partial charge in [0.1, 0.15) is 5.82 Å². The predicted molar refractivity (Wildman–Crippen MR) is 79.9 cm³/mol. The van der Waals surface area contributed by atoms with E-state index in [9.17, 15) is 9.18 Å². The Kier molecular flexibility index (Phi) is 5.33. The first-order valence-electron chi connectivity index (χ1n) is 7.17. The van der Waals surface area contributed by atoms with Gasteiger partial charge in [-0.3, -0.25) is 0 Å². The molecule has 1 aromatic carbocycles. The molecule has 0 radical (unpaired) electrons. The largest absolute Gasteiger partial charge is 0.478 e. The van der Waals surface area contributed by atoms with Crippen LogP contribution in [0.25, 0.3) is 6.08 Å². The molecule has 1 N–H and O–H groups in total. The van der Waals surface area contributed by atoms with Gasteiger partial charge in [0.15, 0.2) is 0 Å². The van der Waals surface area contributed by atoms with Crippen LogP contribution >= 0.6 is 0 Å². The van der Waals surface area contributed by atoms with Crippen molar-refractivity contribution in [1.82, 2.24) is 0 Å². The van der Waals surface area contributed by atoms with Gasteiger partial charge in [-0.15, -0.1) is 0 Å². The Morgan fingerprint density at radius 3 is 2.76 bits per heavy atom. The highest BCUT2D eigenvalue weighted by Gasteiger charge is 2.21. The topological polar surface area (TPSA) is 49.8 Å². The molecule has 1 heterocycles. The number of halogens is 1. The summed E-state index contributed by atoms with van der Waals surface area (Å²) in [5.41, 5.74) is 1.11. The van der Waals surface area contributed by atoms with E-state index in [-0.39, 0.29) is 11.9 Å². The third kappa shape index (κ3) is 4.29. The zero-order valence-corrected chi connectivity index (χ0v) is 12.1. The van der Waals surface area contributed by atoms with Crippen LogP contribution in [0.5, 0.6) is 0 Å². The van der Waals surface area contributed by atoms with Crippen LogP contribution in [0.15, 0.2) is 24.3 Å². The number of carbonyl (C=O) groups is 1. The Labute approximate surface area is 123 Å². The smallest absolute Gasteiger partial charge is 0.328 e. The van der Waals surface area contributed by atoms with Crippen molar-refractivity contribution in [3.63, 3.8) is 0 Å². The van der Waals surface area contributed by atoms with Gasteiger partial charge in [-0.2, -0.15) is 0 Å². The Hall–Kier alpha value is -1.88. The maximum absolute atomic E-state index is 14.2. The van der Waals surface area contributed by atoms with E-state index in [0.29, 0.717) is 17.9 Å². The quantitative estimate of drug-likeness (QED) is 0.848. The summed E-state index contributed by atoms with van der Waals surface area (Å²) in [6.07, 6.45) is 4.45. The molecule has 5 heteroatoms. The standard InChI is InChI=1S/C16H20FNO3/c1-2-21-13-7-9-18(10-8-13)15-5-3-12(11-14(15)17)4-6-16(19)20/h3-6,11,13H,2,7-10H2,1H3,(H,19,20)/b6-4+. The molecule has 0 atom stereocenters. The zero-order valence-electron chi connectivity index (χ0n) is 12.1. The monoisotopic (exact) mass is 293 g/mol. The van der Waals surface area contributed by atoms with Crippen molar-refractivity contribution in [2.24, 2.45) is 0 Å². The maximum Gasteiger partial charge on any atom is 0.328 e. The van der Waals surface area contributed by atoms with Gasteiger partial charge in [-0.1, -0.05) is 6.07 Å². The Bertz CT molecular complexity index is 522. The van der Waals surface area contributed by atoms with Crippen LogP contribution in [-0.4, -0.2) is 36.9 Å². The highest BCUT2D eigenvalue weighted by molar-refractivity contribution is 5.85. The predicted octanol–water partition coefficient (Wildman–Crippen LogP) is 2.93. The molecule has 1 aromatic rings. The fourth-order valence-electron chi connectivity index (χ4n) is 2.55. The number of carboxylic acid groups (broad SMARTS) is 1. The molecule has 1 fully saturated rings. The second-order valence-corrected chi connectivity index (χ2v) is 5.02. The van der Waals surface area contributed by atoms with Gasteiger partial charge in [-0.05, 0) is 43.5 Å². The van der Waals surface area contributed by atoms with Gasteiger partial charge in [0, 0.05) is 25.8 Å². The molecule has 1 aliphatic heterocycles. The first kappa shape index (κ1) is 15.5. The molecule has 0 aromatic heterocycles. The van der Waals surface area contributed by atoms with E-state index in [0.717, 1.165) is 32.0 Å². The number of carboxylic acids is 1. The summed E-state index contributed by atoms with van der Waals surface area (Å²) in [4.78, 5) is 12.5. The van der Waals surface area contributed by atoms with Crippen LogP contribution < -0.4 is 4.90 Å². The molecule has 114 valence electrons. The average molecular weight is 293 g/mol. The first-order valence-corrected chi connectivity index (χ1v) is 7.17. The fraction of sp³-hybridized carbons (Fsp3) is 0.438. The molecular weight excluding hydrogens is 273 g/mol. The van der Waals surface area contributed by atoms with E-state index in [4.69, 9.17) is 9.84 Å². The average Bonchev–Trinajstić information content (AvgIpc) is 2.47. The number of nitrogens with zero attached hydrogens (tertiary/aromatic N) is 1. The third-order valence-corrected chi connectivity index (χ3v) is 3.58. The maximum atomic E-state index is 14.2. The van der Waals surface area contributed by atoms with E-state index in [1.54, 1.807) is 12.1 Å². The number of ether oxygens (including phenoxy) is 1. The molecule has 0 amide bonds. The highest BCUT2D eigenvalue weighted by Crippen LogP contribution is 2.25. The number of hydrogen-bond acceptors (Lipinski definition) is 3. The van der Waals surface area contributed by atoms with Crippen molar-refractivity contribution in [3.05, 3.63) is 35.7 Å². The number of anilines is 1. The lowest BCUT2D eigenvalue weighted by Crippen LogP contribution is -2.37. The number of rotatable bonds is 5. The van der Waals surface area contributed by atoms with Crippen molar-refractivity contribution < 1.29 is 19.0 Å². The molecule has 21 heavy (non-hydrogen) atoms. The number of aliphatic carboxylic acids is 1. The highest BCUT2D eigenvalue weighted by atomic mass is 19.1. The normalized spacial score (nSPS) is 16.6. The summed E-state index contributed by atoms with van der Waals surface area (Å²) in [5, 5.41) is 8.57. The van der Waals surface area contributed by atoms with Crippen LogP contribution in [0, 0.1) is 5.82 Å². The molecule has 0 unspecified atom stereocenters. The van der Waals surface area contributed by atoms with E-state index in [2.05, 4.69) is 0 Å². The van der Waals surface area contributed by atoms with Crippen molar-refractivity contribution >= 4 is 17.7 Å². The lowest BCUT2D eigenvalue weighted by Gasteiger charge is -2.33. The summed E-state index contributed by atoms with van der Waals surface area (Å²) in [6, 6.07) is 4.80.